The zero-order chi connectivity index (χ0) is 15.1. The Hall–Kier alpha value is -2.00. The molecule has 1 atom stereocenters. The molecule has 2 aromatic carbocycles. The van der Waals surface area contributed by atoms with Crippen LogP contribution < -0.4 is 14.8 Å². The van der Waals surface area contributed by atoms with E-state index in [4.69, 9.17) is 9.47 Å². The zero-order valence-electron chi connectivity index (χ0n) is 12.9. The first kappa shape index (κ1) is 15.4. The minimum Gasteiger partial charge on any atom is -0.493 e. The maximum absolute atomic E-state index is 5.33. The minimum atomic E-state index is 0.417. The van der Waals surface area contributed by atoms with Crippen molar-refractivity contribution in [3.63, 3.8) is 0 Å². The molecular formula is C18H23NO2. The van der Waals surface area contributed by atoms with E-state index in [0.717, 1.165) is 24.5 Å². The Morgan fingerprint density at radius 3 is 2.29 bits per heavy atom. The van der Waals surface area contributed by atoms with Gasteiger partial charge < -0.3 is 14.8 Å². The molecular weight excluding hydrogens is 262 g/mol. The van der Waals surface area contributed by atoms with Gasteiger partial charge in [0, 0.05) is 12.6 Å². The molecule has 112 valence electrons. The molecule has 1 unspecified atom stereocenters. The lowest BCUT2D eigenvalue weighted by Gasteiger charge is -2.15. The van der Waals surface area contributed by atoms with Gasteiger partial charge >= 0.3 is 0 Å². The predicted molar refractivity (Wildman–Crippen MR) is 86.0 cm³/mol. The Morgan fingerprint density at radius 1 is 0.905 bits per heavy atom. The third kappa shape index (κ3) is 4.50. The lowest BCUT2D eigenvalue weighted by molar-refractivity contribution is 0.354. The van der Waals surface area contributed by atoms with Crippen LogP contribution in [0, 0.1) is 0 Å². The van der Waals surface area contributed by atoms with E-state index < -0.39 is 0 Å². The van der Waals surface area contributed by atoms with Gasteiger partial charge in [-0.3, -0.25) is 0 Å². The molecule has 1 N–H and O–H groups in total. The normalized spacial score (nSPS) is 12.0. The number of benzene rings is 2. The quantitative estimate of drug-likeness (QED) is 0.845. The van der Waals surface area contributed by atoms with Gasteiger partial charge in [-0.1, -0.05) is 36.4 Å². The molecule has 0 aromatic heterocycles. The first-order valence-corrected chi connectivity index (χ1v) is 7.21. The highest BCUT2D eigenvalue weighted by atomic mass is 16.5. The van der Waals surface area contributed by atoms with Crippen molar-refractivity contribution in [2.24, 2.45) is 0 Å². The van der Waals surface area contributed by atoms with Crippen LogP contribution in [0.3, 0.4) is 0 Å². The Balaban J connectivity index is 1.90. The molecule has 0 saturated carbocycles. The highest BCUT2D eigenvalue weighted by Crippen LogP contribution is 2.27. The summed E-state index contributed by atoms with van der Waals surface area (Å²) in [5, 5.41) is 3.54. The second kappa shape index (κ2) is 7.70. The van der Waals surface area contributed by atoms with Crippen LogP contribution in [0.2, 0.25) is 0 Å². The molecule has 0 amide bonds. The van der Waals surface area contributed by atoms with E-state index in [9.17, 15) is 0 Å². The van der Waals surface area contributed by atoms with Crippen molar-refractivity contribution < 1.29 is 9.47 Å². The molecule has 0 spiro atoms. The first-order valence-electron chi connectivity index (χ1n) is 7.21. The highest BCUT2D eigenvalue weighted by molar-refractivity contribution is 5.42. The van der Waals surface area contributed by atoms with Crippen LogP contribution in [0.1, 0.15) is 18.1 Å². The van der Waals surface area contributed by atoms with Crippen molar-refractivity contribution in [1.29, 1.82) is 0 Å². The van der Waals surface area contributed by atoms with Crippen molar-refractivity contribution >= 4 is 0 Å². The fourth-order valence-corrected chi connectivity index (χ4v) is 2.32. The van der Waals surface area contributed by atoms with E-state index in [-0.39, 0.29) is 0 Å². The maximum Gasteiger partial charge on any atom is 0.161 e. The lowest BCUT2D eigenvalue weighted by Crippen LogP contribution is -2.27. The Bertz CT molecular complexity index is 554. The fraction of sp³-hybridized carbons (Fsp3) is 0.333. The van der Waals surface area contributed by atoms with Gasteiger partial charge in [0.25, 0.3) is 0 Å². The van der Waals surface area contributed by atoms with Gasteiger partial charge in [-0.15, -0.1) is 0 Å². The Morgan fingerprint density at radius 2 is 1.62 bits per heavy atom. The van der Waals surface area contributed by atoms with E-state index >= 15 is 0 Å². The zero-order valence-corrected chi connectivity index (χ0v) is 12.9. The molecule has 3 nitrogen and oxygen atoms in total. The average molecular weight is 285 g/mol. The standard InChI is InChI=1S/C18H23NO2/c1-14(11-15-7-5-4-6-8-15)19-13-16-9-10-17(20-2)18(12-16)21-3/h4-10,12,14,19H,11,13H2,1-3H3. The van der Waals surface area contributed by atoms with E-state index in [1.54, 1.807) is 14.2 Å². The summed E-state index contributed by atoms with van der Waals surface area (Å²) in [6.07, 6.45) is 1.02. The van der Waals surface area contributed by atoms with Crippen molar-refractivity contribution in [2.75, 3.05) is 14.2 Å². The summed E-state index contributed by atoms with van der Waals surface area (Å²) in [6.45, 7) is 3.02. The third-order valence-corrected chi connectivity index (χ3v) is 3.49. The summed E-state index contributed by atoms with van der Waals surface area (Å²) in [5.41, 5.74) is 2.54. The number of methoxy groups -OCH3 is 2. The SMILES string of the molecule is COc1ccc(CNC(C)Cc2ccccc2)cc1OC. The van der Waals surface area contributed by atoms with Gasteiger partial charge in [-0.05, 0) is 36.6 Å². The van der Waals surface area contributed by atoms with Crippen LogP contribution >= 0.6 is 0 Å². The summed E-state index contributed by atoms with van der Waals surface area (Å²) < 4.78 is 10.6. The van der Waals surface area contributed by atoms with Gasteiger partial charge in [0.2, 0.25) is 0 Å². The van der Waals surface area contributed by atoms with Gasteiger partial charge in [-0.25, -0.2) is 0 Å². The molecule has 0 aliphatic rings. The minimum absolute atomic E-state index is 0.417. The first-order chi connectivity index (χ1) is 10.2. The molecule has 0 aliphatic carbocycles. The van der Waals surface area contributed by atoms with Crippen LogP contribution in [0.4, 0.5) is 0 Å². The topological polar surface area (TPSA) is 30.5 Å². The summed E-state index contributed by atoms with van der Waals surface area (Å²) in [5.74, 6) is 1.53. The second-order valence-electron chi connectivity index (χ2n) is 5.16. The van der Waals surface area contributed by atoms with E-state index in [0.29, 0.717) is 6.04 Å². The van der Waals surface area contributed by atoms with Gasteiger partial charge in [0.1, 0.15) is 0 Å². The van der Waals surface area contributed by atoms with Crippen LogP contribution in [0.15, 0.2) is 48.5 Å². The molecule has 0 radical (unpaired) electrons. The van der Waals surface area contributed by atoms with Crippen molar-refractivity contribution in [2.45, 2.75) is 25.9 Å². The number of ether oxygens (including phenoxy) is 2. The highest BCUT2D eigenvalue weighted by Gasteiger charge is 2.06. The van der Waals surface area contributed by atoms with Crippen LogP contribution in [0.5, 0.6) is 11.5 Å². The van der Waals surface area contributed by atoms with Crippen LogP contribution in [0.25, 0.3) is 0 Å². The number of hydrogen-bond acceptors (Lipinski definition) is 3. The van der Waals surface area contributed by atoms with E-state index in [2.05, 4.69) is 42.6 Å². The van der Waals surface area contributed by atoms with Crippen LogP contribution in [-0.2, 0) is 13.0 Å². The smallest absolute Gasteiger partial charge is 0.161 e. The van der Waals surface area contributed by atoms with Crippen molar-refractivity contribution in [3.05, 3.63) is 59.7 Å². The summed E-state index contributed by atoms with van der Waals surface area (Å²) in [6, 6.07) is 17.0. The predicted octanol–water partition coefficient (Wildman–Crippen LogP) is 3.42. The van der Waals surface area contributed by atoms with E-state index in [1.165, 1.54) is 11.1 Å². The molecule has 21 heavy (non-hydrogen) atoms. The summed E-state index contributed by atoms with van der Waals surface area (Å²) in [4.78, 5) is 0. The molecule has 0 fully saturated rings. The number of rotatable bonds is 7. The molecule has 0 bridgehead atoms. The number of hydrogen-bond donors (Lipinski definition) is 1. The molecule has 2 aromatic rings. The van der Waals surface area contributed by atoms with Gasteiger partial charge in [0.15, 0.2) is 11.5 Å². The molecule has 0 saturated heterocycles. The Kier molecular flexibility index (Phi) is 5.64. The molecule has 3 heteroatoms. The van der Waals surface area contributed by atoms with E-state index in [1.807, 2.05) is 18.2 Å². The van der Waals surface area contributed by atoms with Crippen LogP contribution in [-0.4, -0.2) is 20.3 Å². The van der Waals surface area contributed by atoms with Crippen molar-refractivity contribution in [1.82, 2.24) is 5.32 Å². The molecule has 0 heterocycles. The third-order valence-electron chi connectivity index (χ3n) is 3.49. The largest absolute Gasteiger partial charge is 0.493 e. The van der Waals surface area contributed by atoms with Crippen molar-refractivity contribution in [3.8, 4) is 11.5 Å². The Labute approximate surface area is 126 Å². The molecule has 2 rings (SSSR count). The van der Waals surface area contributed by atoms with Gasteiger partial charge in [-0.2, -0.15) is 0 Å². The fourth-order valence-electron chi connectivity index (χ4n) is 2.32. The molecule has 0 aliphatic heterocycles. The monoisotopic (exact) mass is 285 g/mol. The lowest BCUT2D eigenvalue weighted by atomic mass is 10.1. The average Bonchev–Trinajstić information content (AvgIpc) is 2.53. The summed E-state index contributed by atoms with van der Waals surface area (Å²) >= 11 is 0. The maximum atomic E-state index is 5.33. The summed E-state index contributed by atoms with van der Waals surface area (Å²) in [7, 11) is 3.31. The number of nitrogens with one attached hydrogen (secondary N) is 1. The second-order valence-corrected chi connectivity index (χ2v) is 5.16. The van der Waals surface area contributed by atoms with Gasteiger partial charge in [0.05, 0.1) is 14.2 Å².